The molecule has 1 aliphatic carbocycles. The van der Waals surface area contributed by atoms with Crippen LogP contribution in [0.5, 0.6) is 0 Å². The van der Waals surface area contributed by atoms with Crippen molar-refractivity contribution in [3.8, 4) is 0 Å². The van der Waals surface area contributed by atoms with Crippen LogP contribution >= 0.6 is 0 Å². The number of hydrogen-bond donors (Lipinski definition) is 0. The molecule has 2 aliphatic heterocycles. The zero-order chi connectivity index (χ0) is 18.5. The molecular formula is C21H31BFNO2. The third-order valence-corrected chi connectivity index (χ3v) is 7.11. The molecule has 0 bridgehead atoms. The van der Waals surface area contributed by atoms with Crippen molar-refractivity contribution in [2.24, 2.45) is 5.92 Å². The molecule has 26 heavy (non-hydrogen) atoms. The SMILES string of the molecule is CC1(C)OB(c2cc(F)ccc2CN2CCC3CCCCC32)OC1(C)C. The molecule has 3 aliphatic rings. The maximum Gasteiger partial charge on any atom is 0.495 e. The maximum absolute atomic E-state index is 14.0. The van der Waals surface area contributed by atoms with Gasteiger partial charge in [-0.2, -0.15) is 0 Å². The summed E-state index contributed by atoms with van der Waals surface area (Å²) in [5, 5.41) is 0. The summed E-state index contributed by atoms with van der Waals surface area (Å²) in [6, 6.07) is 5.79. The summed E-state index contributed by atoms with van der Waals surface area (Å²) >= 11 is 0. The fourth-order valence-corrected chi connectivity index (χ4v) is 4.82. The van der Waals surface area contributed by atoms with Gasteiger partial charge in [0.1, 0.15) is 5.82 Å². The summed E-state index contributed by atoms with van der Waals surface area (Å²) in [5.41, 5.74) is 1.16. The van der Waals surface area contributed by atoms with E-state index in [2.05, 4.69) is 4.90 Å². The summed E-state index contributed by atoms with van der Waals surface area (Å²) in [4.78, 5) is 2.60. The lowest BCUT2D eigenvalue weighted by atomic mass is 9.75. The van der Waals surface area contributed by atoms with Crippen molar-refractivity contribution in [1.82, 2.24) is 4.90 Å². The van der Waals surface area contributed by atoms with Gasteiger partial charge in [0.05, 0.1) is 11.2 Å². The molecule has 4 rings (SSSR count). The second-order valence-electron chi connectivity index (χ2n) is 9.30. The number of nitrogens with zero attached hydrogens (tertiary/aromatic N) is 1. The molecule has 0 spiro atoms. The van der Waals surface area contributed by atoms with Crippen molar-refractivity contribution in [2.45, 2.75) is 83.6 Å². The van der Waals surface area contributed by atoms with E-state index >= 15 is 0 Å². The molecule has 0 N–H and O–H groups in total. The Morgan fingerprint density at radius 2 is 1.77 bits per heavy atom. The van der Waals surface area contributed by atoms with Crippen molar-refractivity contribution in [2.75, 3.05) is 6.54 Å². The number of benzene rings is 1. The first-order valence-electron chi connectivity index (χ1n) is 10.1. The van der Waals surface area contributed by atoms with E-state index in [0.29, 0.717) is 6.04 Å². The Kier molecular flexibility index (Phi) is 4.69. The molecular weight excluding hydrogens is 328 g/mol. The highest BCUT2D eigenvalue weighted by Crippen LogP contribution is 2.38. The van der Waals surface area contributed by atoms with Crippen molar-refractivity contribution in [1.29, 1.82) is 0 Å². The van der Waals surface area contributed by atoms with Crippen molar-refractivity contribution in [3.05, 3.63) is 29.6 Å². The lowest BCUT2D eigenvalue weighted by Crippen LogP contribution is -2.41. The minimum absolute atomic E-state index is 0.226. The predicted molar refractivity (Wildman–Crippen MR) is 103 cm³/mol. The number of fused-ring (bicyclic) bond motifs is 1. The van der Waals surface area contributed by atoms with Crippen molar-refractivity contribution in [3.63, 3.8) is 0 Å². The molecule has 1 aromatic carbocycles. The van der Waals surface area contributed by atoms with Gasteiger partial charge in [-0.15, -0.1) is 0 Å². The van der Waals surface area contributed by atoms with Crippen molar-refractivity contribution < 1.29 is 13.7 Å². The van der Waals surface area contributed by atoms with Gasteiger partial charge in [0.15, 0.2) is 0 Å². The van der Waals surface area contributed by atoms with E-state index in [1.807, 2.05) is 33.8 Å². The largest absolute Gasteiger partial charge is 0.495 e. The zero-order valence-corrected chi connectivity index (χ0v) is 16.6. The van der Waals surface area contributed by atoms with E-state index < -0.39 is 18.3 Å². The third kappa shape index (κ3) is 3.23. The van der Waals surface area contributed by atoms with E-state index in [1.165, 1.54) is 32.1 Å². The predicted octanol–water partition coefficient (Wildman–Crippen LogP) is 3.89. The second kappa shape index (κ2) is 6.61. The maximum atomic E-state index is 14.0. The van der Waals surface area contributed by atoms with Crippen LogP contribution < -0.4 is 5.46 Å². The lowest BCUT2D eigenvalue weighted by molar-refractivity contribution is 0.00578. The average Bonchev–Trinajstić information content (AvgIpc) is 3.07. The van der Waals surface area contributed by atoms with E-state index in [4.69, 9.17) is 9.31 Å². The topological polar surface area (TPSA) is 21.7 Å². The van der Waals surface area contributed by atoms with Gasteiger partial charge >= 0.3 is 7.12 Å². The Labute approximate surface area is 157 Å². The van der Waals surface area contributed by atoms with Crippen LogP contribution in [0.1, 0.15) is 65.4 Å². The van der Waals surface area contributed by atoms with Gasteiger partial charge in [0, 0.05) is 12.6 Å². The minimum atomic E-state index is -0.504. The molecule has 0 aromatic heterocycles. The summed E-state index contributed by atoms with van der Waals surface area (Å²) in [6.45, 7) is 10.2. The Hall–Kier alpha value is -0.905. The highest BCUT2D eigenvalue weighted by molar-refractivity contribution is 6.62. The van der Waals surface area contributed by atoms with Gasteiger partial charge in [0.25, 0.3) is 0 Å². The molecule has 0 radical (unpaired) electrons. The van der Waals surface area contributed by atoms with Gasteiger partial charge in [-0.25, -0.2) is 4.39 Å². The minimum Gasteiger partial charge on any atom is -0.399 e. The first-order chi connectivity index (χ1) is 12.3. The standard InChI is InChI=1S/C21H31BFNO2/c1-20(2)21(3,4)26-22(25-20)18-13-17(23)10-9-16(18)14-24-12-11-15-7-5-6-8-19(15)24/h9-10,13,15,19H,5-8,11-12,14H2,1-4H3. The fourth-order valence-electron chi connectivity index (χ4n) is 4.82. The van der Waals surface area contributed by atoms with E-state index in [9.17, 15) is 4.39 Å². The molecule has 1 aromatic rings. The molecule has 2 saturated heterocycles. The zero-order valence-electron chi connectivity index (χ0n) is 16.6. The van der Waals surface area contributed by atoms with Gasteiger partial charge < -0.3 is 9.31 Å². The van der Waals surface area contributed by atoms with Crippen LogP contribution in [0.3, 0.4) is 0 Å². The first kappa shape index (κ1) is 18.5. The average molecular weight is 359 g/mol. The highest BCUT2D eigenvalue weighted by Gasteiger charge is 2.52. The van der Waals surface area contributed by atoms with Crippen LogP contribution in [0.4, 0.5) is 4.39 Å². The van der Waals surface area contributed by atoms with Crippen LogP contribution in [0.25, 0.3) is 0 Å². The number of rotatable bonds is 3. The van der Waals surface area contributed by atoms with Gasteiger partial charge in [0.2, 0.25) is 0 Å². The summed E-state index contributed by atoms with van der Waals surface area (Å²) < 4.78 is 26.5. The quantitative estimate of drug-likeness (QED) is 0.765. The van der Waals surface area contributed by atoms with Crippen LogP contribution in [0, 0.1) is 11.7 Å². The Balaban J connectivity index is 1.58. The van der Waals surface area contributed by atoms with E-state index in [1.54, 1.807) is 12.1 Å². The number of hydrogen-bond acceptors (Lipinski definition) is 3. The van der Waals surface area contributed by atoms with Crippen LogP contribution in [0.15, 0.2) is 18.2 Å². The molecule has 2 atom stereocenters. The summed E-state index contributed by atoms with van der Waals surface area (Å²) in [6.07, 6.45) is 6.69. The Morgan fingerprint density at radius 3 is 2.50 bits per heavy atom. The van der Waals surface area contributed by atoms with Crippen LogP contribution in [-0.4, -0.2) is 35.8 Å². The molecule has 2 heterocycles. The fraction of sp³-hybridized carbons (Fsp3) is 0.714. The molecule has 0 amide bonds. The monoisotopic (exact) mass is 359 g/mol. The smallest absolute Gasteiger partial charge is 0.399 e. The molecule has 3 nitrogen and oxygen atoms in total. The highest BCUT2D eigenvalue weighted by atomic mass is 19.1. The normalized spacial score (nSPS) is 30.6. The number of halogens is 1. The third-order valence-electron chi connectivity index (χ3n) is 7.11. The number of likely N-dealkylation sites (tertiary alicyclic amines) is 1. The van der Waals surface area contributed by atoms with Crippen molar-refractivity contribution >= 4 is 12.6 Å². The van der Waals surface area contributed by atoms with Crippen LogP contribution in [-0.2, 0) is 15.9 Å². The Morgan fingerprint density at radius 1 is 1.08 bits per heavy atom. The van der Waals surface area contributed by atoms with Gasteiger partial charge in [-0.1, -0.05) is 18.9 Å². The summed E-state index contributed by atoms with van der Waals surface area (Å²) in [7, 11) is -0.504. The van der Waals surface area contributed by atoms with Gasteiger partial charge in [-0.05, 0) is 82.6 Å². The summed E-state index contributed by atoms with van der Waals surface area (Å²) in [5.74, 6) is 0.625. The Bertz CT molecular complexity index is 662. The molecule has 142 valence electrons. The van der Waals surface area contributed by atoms with Crippen LogP contribution in [0.2, 0.25) is 0 Å². The first-order valence-corrected chi connectivity index (χ1v) is 10.1. The van der Waals surface area contributed by atoms with E-state index in [-0.39, 0.29) is 5.82 Å². The lowest BCUT2D eigenvalue weighted by Gasteiger charge is -2.32. The molecule has 1 saturated carbocycles. The molecule has 2 unspecified atom stereocenters. The van der Waals surface area contributed by atoms with E-state index in [0.717, 1.165) is 30.0 Å². The molecule has 5 heteroatoms. The van der Waals surface area contributed by atoms with Gasteiger partial charge in [-0.3, -0.25) is 4.90 Å². The second-order valence-corrected chi connectivity index (χ2v) is 9.30. The molecule has 3 fully saturated rings.